The van der Waals surface area contributed by atoms with Crippen LogP contribution in [0.2, 0.25) is 0 Å². The predicted molar refractivity (Wildman–Crippen MR) is 77.1 cm³/mol. The van der Waals surface area contributed by atoms with Crippen LogP contribution in [0, 0.1) is 0 Å². The van der Waals surface area contributed by atoms with Crippen LogP contribution < -0.4 is 10.6 Å². The van der Waals surface area contributed by atoms with Crippen LogP contribution in [0.4, 0.5) is 4.79 Å². The van der Waals surface area contributed by atoms with Gasteiger partial charge in [0.15, 0.2) is 0 Å². The highest BCUT2D eigenvalue weighted by atomic mass is 16.3. The van der Waals surface area contributed by atoms with Crippen molar-refractivity contribution in [2.24, 2.45) is 0 Å². The van der Waals surface area contributed by atoms with Crippen LogP contribution in [0.5, 0.6) is 0 Å². The van der Waals surface area contributed by atoms with Gasteiger partial charge < -0.3 is 20.8 Å². The maximum Gasteiger partial charge on any atom is 0.314 e. The molecule has 0 spiro atoms. The number of carbonyl (C=O) groups is 1. The molecule has 0 aliphatic carbocycles. The second kappa shape index (κ2) is 12.2. The maximum atomic E-state index is 11.4. The number of aliphatic hydroxyl groups excluding tert-OH is 2. The number of urea groups is 1. The first-order valence-electron chi connectivity index (χ1n) is 7.49. The summed E-state index contributed by atoms with van der Waals surface area (Å²) in [5, 5.41) is 24.1. The molecule has 0 heterocycles. The van der Waals surface area contributed by atoms with E-state index in [0.717, 1.165) is 12.8 Å². The summed E-state index contributed by atoms with van der Waals surface area (Å²) in [5.41, 5.74) is 0. The van der Waals surface area contributed by atoms with Crippen LogP contribution in [0.25, 0.3) is 0 Å². The molecule has 0 aromatic rings. The number of amides is 2. The molecule has 0 saturated carbocycles. The molecule has 0 aliphatic heterocycles. The molecule has 1 unspecified atom stereocenters. The average molecular weight is 274 g/mol. The first kappa shape index (κ1) is 18.2. The molecule has 0 aliphatic rings. The number of hydrogen-bond donors (Lipinski definition) is 4. The van der Waals surface area contributed by atoms with Crippen molar-refractivity contribution in [2.75, 3.05) is 13.1 Å². The van der Waals surface area contributed by atoms with Gasteiger partial charge in [-0.3, -0.25) is 0 Å². The van der Waals surface area contributed by atoms with E-state index < -0.39 is 12.2 Å². The molecule has 5 heteroatoms. The Labute approximate surface area is 116 Å². The largest absolute Gasteiger partial charge is 0.390 e. The van der Waals surface area contributed by atoms with Gasteiger partial charge in [-0.2, -0.15) is 0 Å². The second-order valence-corrected chi connectivity index (χ2v) is 4.95. The molecule has 0 rings (SSSR count). The molecule has 5 nitrogen and oxygen atoms in total. The summed E-state index contributed by atoms with van der Waals surface area (Å²) in [7, 11) is 0. The molecule has 19 heavy (non-hydrogen) atoms. The lowest BCUT2D eigenvalue weighted by molar-refractivity contribution is 0.0198. The van der Waals surface area contributed by atoms with Crippen molar-refractivity contribution in [3.8, 4) is 0 Å². The molecule has 0 saturated heterocycles. The van der Waals surface area contributed by atoms with Crippen LogP contribution in [0.3, 0.4) is 0 Å². The zero-order chi connectivity index (χ0) is 14.5. The van der Waals surface area contributed by atoms with Gasteiger partial charge in [0.1, 0.15) is 0 Å². The van der Waals surface area contributed by atoms with Gasteiger partial charge in [-0.25, -0.2) is 4.79 Å². The highest BCUT2D eigenvalue weighted by Gasteiger charge is 2.14. The van der Waals surface area contributed by atoms with Gasteiger partial charge in [0.05, 0.1) is 12.2 Å². The second-order valence-electron chi connectivity index (χ2n) is 4.95. The molecule has 0 aromatic heterocycles. The molecular formula is C14H30N2O3. The van der Waals surface area contributed by atoms with Crippen LogP contribution in [0.15, 0.2) is 0 Å². The zero-order valence-electron chi connectivity index (χ0n) is 12.3. The Kier molecular flexibility index (Phi) is 11.7. The molecule has 114 valence electrons. The third kappa shape index (κ3) is 10.8. The fourth-order valence-corrected chi connectivity index (χ4v) is 1.78. The zero-order valence-corrected chi connectivity index (χ0v) is 12.3. The van der Waals surface area contributed by atoms with Gasteiger partial charge in [-0.15, -0.1) is 0 Å². The summed E-state index contributed by atoms with van der Waals surface area (Å²) in [6.07, 6.45) is 5.93. The lowest BCUT2D eigenvalue weighted by Gasteiger charge is -2.16. The summed E-state index contributed by atoms with van der Waals surface area (Å²) in [5.74, 6) is 0. The summed E-state index contributed by atoms with van der Waals surface area (Å²) in [4.78, 5) is 11.4. The van der Waals surface area contributed by atoms with E-state index in [1.807, 2.05) is 0 Å². The summed E-state index contributed by atoms with van der Waals surface area (Å²) >= 11 is 0. The fraction of sp³-hybridized carbons (Fsp3) is 0.929. The number of hydrogen-bond acceptors (Lipinski definition) is 3. The van der Waals surface area contributed by atoms with Crippen LogP contribution >= 0.6 is 0 Å². The molecule has 0 aromatic carbocycles. The highest BCUT2D eigenvalue weighted by molar-refractivity contribution is 5.73. The van der Waals surface area contributed by atoms with Crippen LogP contribution in [-0.4, -0.2) is 41.5 Å². The molecule has 2 amide bonds. The average Bonchev–Trinajstić information content (AvgIpc) is 2.42. The Bertz CT molecular complexity index is 225. The van der Waals surface area contributed by atoms with Gasteiger partial charge in [-0.05, 0) is 12.8 Å². The molecule has 0 fully saturated rings. The Morgan fingerprint density at radius 1 is 0.947 bits per heavy atom. The third-order valence-corrected chi connectivity index (χ3v) is 3.15. The predicted octanol–water partition coefficient (Wildman–Crippen LogP) is 1.78. The van der Waals surface area contributed by atoms with E-state index in [2.05, 4.69) is 17.6 Å². The van der Waals surface area contributed by atoms with E-state index in [0.29, 0.717) is 13.0 Å². The number of aliphatic hydroxyl groups is 2. The number of nitrogens with one attached hydrogen (secondary N) is 2. The number of carbonyl (C=O) groups excluding carboxylic acids is 1. The molecular weight excluding hydrogens is 244 g/mol. The number of rotatable bonds is 11. The van der Waals surface area contributed by atoms with Crippen molar-refractivity contribution < 1.29 is 15.0 Å². The van der Waals surface area contributed by atoms with Gasteiger partial charge >= 0.3 is 6.03 Å². The lowest BCUT2D eigenvalue weighted by Crippen LogP contribution is -2.43. The minimum absolute atomic E-state index is 0.0807. The van der Waals surface area contributed by atoms with E-state index in [-0.39, 0.29) is 12.6 Å². The Balaban J connectivity index is 3.39. The minimum Gasteiger partial charge on any atom is -0.390 e. The van der Waals surface area contributed by atoms with Gasteiger partial charge in [0.25, 0.3) is 0 Å². The summed E-state index contributed by atoms with van der Waals surface area (Å²) < 4.78 is 0. The third-order valence-electron chi connectivity index (χ3n) is 3.15. The smallest absolute Gasteiger partial charge is 0.314 e. The quantitative estimate of drug-likeness (QED) is 0.433. The van der Waals surface area contributed by atoms with Crippen molar-refractivity contribution in [1.82, 2.24) is 10.6 Å². The normalized spacial score (nSPS) is 13.9. The number of unbranched alkanes of at least 4 members (excludes halogenated alkanes) is 5. The van der Waals surface area contributed by atoms with E-state index >= 15 is 0 Å². The van der Waals surface area contributed by atoms with Gasteiger partial charge in [0, 0.05) is 13.1 Å². The topological polar surface area (TPSA) is 81.6 Å². The Morgan fingerprint density at radius 2 is 1.58 bits per heavy atom. The van der Waals surface area contributed by atoms with Crippen molar-refractivity contribution >= 4 is 6.03 Å². The lowest BCUT2D eigenvalue weighted by atomic mass is 10.1. The summed E-state index contributed by atoms with van der Waals surface area (Å²) in [6, 6.07) is -0.282. The first-order valence-corrected chi connectivity index (χ1v) is 7.49. The van der Waals surface area contributed by atoms with E-state index in [9.17, 15) is 15.0 Å². The van der Waals surface area contributed by atoms with Crippen molar-refractivity contribution in [1.29, 1.82) is 0 Å². The first-order chi connectivity index (χ1) is 9.11. The van der Waals surface area contributed by atoms with Crippen molar-refractivity contribution in [2.45, 2.75) is 71.0 Å². The SMILES string of the molecule is CCCCCCCCNC(=O)NC[C@@H](O)C(O)CC. The fourth-order valence-electron chi connectivity index (χ4n) is 1.78. The molecule has 2 atom stereocenters. The van der Waals surface area contributed by atoms with Gasteiger partial charge in [-0.1, -0.05) is 46.0 Å². The Morgan fingerprint density at radius 3 is 2.21 bits per heavy atom. The molecule has 0 bridgehead atoms. The monoisotopic (exact) mass is 274 g/mol. The van der Waals surface area contributed by atoms with Crippen molar-refractivity contribution in [3.63, 3.8) is 0 Å². The minimum atomic E-state index is -0.898. The highest BCUT2D eigenvalue weighted by Crippen LogP contribution is 2.03. The molecule has 0 radical (unpaired) electrons. The molecule has 4 N–H and O–H groups in total. The van der Waals surface area contributed by atoms with Crippen LogP contribution in [-0.2, 0) is 0 Å². The van der Waals surface area contributed by atoms with Crippen molar-refractivity contribution in [3.05, 3.63) is 0 Å². The Hall–Kier alpha value is -0.810. The summed E-state index contributed by atoms with van der Waals surface area (Å²) in [6.45, 7) is 4.71. The standard InChI is InChI=1S/C14H30N2O3/c1-3-5-6-7-8-9-10-15-14(19)16-11-13(18)12(17)4-2/h12-13,17-18H,3-11H2,1-2H3,(H2,15,16,19)/t12?,13-/m1/s1. The van der Waals surface area contributed by atoms with E-state index in [1.165, 1.54) is 25.7 Å². The van der Waals surface area contributed by atoms with Gasteiger partial charge in [0.2, 0.25) is 0 Å². The maximum absolute atomic E-state index is 11.4. The van der Waals surface area contributed by atoms with E-state index in [1.54, 1.807) is 6.92 Å². The van der Waals surface area contributed by atoms with Crippen LogP contribution in [0.1, 0.15) is 58.8 Å². The van der Waals surface area contributed by atoms with E-state index in [4.69, 9.17) is 0 Å².